The first kappa shape index (κ1) is 14.1. The van der Waals surface area contributed by atoms with Gasteiger partial charge in [-0.3, -0.25) is 4.79 Å². The van der Waals surface area contributed by atoms with Gasteiger partial charge in [0.1, 0.15) is 11.0 Å². The zero-order valence-corrected chi connectivity index (χ0v) is 11.5. The number of carbonyl (C=O) groups is 1. The van der Waals surface area contributed by atoms with Gasteiger partial charge in [0.05, 0.1) is 21.3 Å². The van der Waals surface area contributed by atoms with E-state index in [1.807, 2.05) is 0 Å². The molecule has 1 aromatic carbocycles. The molecular formula is C12H6Cl3FN2O. The molecule has 1 aromatic heterocycles. The number of anilines is 1. The summed E-state index contributed by atoms with van der Waals surface area (Å²) >= 11 is 17.2. The number of aromatic nitrogens is 1. The van der Waals surface area contributed by atoms with Crippen LogP contribution in [0.4, 0.5) is 10.1 Å². The van der Waals surface area contributed by atoms with Gasteiger partial charge in [0, 0.05) is 6.20 Å². The molecule has 19 heavy (non-hydrogen) atoms. The Morgan fingerprint density at radius 1 is 1.16 bits per heavy atom. The molecule has 0 aliphatic heterocycles. The van der Waals surface area contributed by atoms with Crippen LogP contribution in [0.25, 0.3) is 0 Å². The summed E-state index contributed by atoms with van der Waals surface area (Å²) in [5.74, 6) is -1.05. The molecule has 3 nitrogen and oxygen atoms in total. The Labute approximate surface area is 123 Å². The summed E-state index contributed by atoms with van der Waals surface area (Å²) in [6.45, 7) is 0. The lowest BCUT2D eigenvalue weighted by atomic mass is 10.2. The fourth-order valence-corrected chi connectivity index (χ4v) is 2.02. The van der Waals surface area contributed by atoms with Crippen molar-refractivity contribution in [1.82, 2.24) is 4.98 Å². The highest BCUT2D eigenvalue weighted by atomic mass is 35.5. The maximum absolute atomic E-state index is 13.0. The third-order valence-corrected chi connectivity index (χ3v) is 3.05. The fraction of sp³-hybridized carbons (Fsp3) is 0. The molecule has 7 heteroatoms. The van der Waals surface area contributed by atoms with E-state index in [0.717, 1.165) is 12.1 Å². The molecule has 0 atom stereocenters. The van der Waals surface area contributed by atoms with Gasteiger partial charge in [-0.2, -0.15) is 0 Å². The zero-order valence-electron chi connectivity index (χ0n) is 9.25. The van der Waals surface area contributed by atoms with E-state index in [9.17, 15) is 9.18 Å². The number of nitrogens with zero attached hydrogens (tertiary/aromatic N) is 1. The normalized spacial score (nSPS) is 10.3. The average Bonchev–Trinajstić information content (AvgIpc) is 2.34. The van der Waals surface area contributed by atoms with Gasteiger partial charge >= 0.3 is 0 Å². The first-order chi connectivity index (χ1) is 8.97. The van der Waals surface area contributed by atoms with Crippen molar-refractivity contribution in [3.05, 3.63) is 57.0 Å². The van der Waals surface area contributed by atoms with Gasteiger partial charge in [-0.05, 0) is 24.3 Å². The SMILES string of the molecule is O=C(Nc1c(Cl)cc(F)cc1Cl)c1ccc(Cl)nc1. The topological polar surface area (TPSA) is 42.0 Å². The smallest absolute Gasteiger partial charge is 0.257 e. The lowest BCUT2D eigenvalue weighted by Crippen LogP contribution is -2.13. The number of amides is 1. The molecule has 2 aromatic rings. The predicted octanol–water partition coefficient (Wildman–Crippen LogP) is 4.43. The van der Waals surface area contributed by atoms with Crippen LogP contribution in [-0.2, 0) is 0 Å². The van der Waals surface area contributed by atoms with E-state index < -0.39 is 11.7 Å². The maximum Gasteiger partial charge on any atom is 0.257 e. The molecule has 0 aliphatic rings. The molecule has 0 unspecified atom stereocenters. The van der Waals surface area contributed by atoms with E-state index in [0.29, 0.717) is 0 Å². The third-order valence-electron chi connectivity index (χ3n) is 2.23. The number of hydrogen-bond acceptors (Lipinski definition) is 2. The Hall–Kier alpha value is -1.36. The van der Waals surface area contributed by atoms with Gasteiger partial charge in [-0.25, -0.2) is 9.37 Å². The lowest BCUT2D eigenvalue weighted by molar-refractivity contribution is 0.102. The van der Waals surface area contributed by atoms with Crippen LogP contribution in [0.15, 0.2) is 30.5 Å². The molecule has 0 radical (unpaired) electrons. The minimum Gasteiger partial charge on any atom is -0.319 e. The molecule has 0 saturated heterocycles. The minimum atomic E-state index is -0.582. The Morgan fingerprint density at radius 2 is 1.79 bits per heavy atom. The third kappa shape index (κ3) is 3.35. The standard InChI is InChI=1S/C12H6Cl3FN2O/c13-8-3-7(16)4-9(14)11(8)18-12(19)6-1-2-10(15)17-5-6/h1-5H,(H,18,19). The van der Waals surface area contributed by atoms with Gasteiger partial charge in [0.15, 0.2) is 0 Å². The molecule has 0 saturated carbocycles. The van der Waals surface area contributed by atoms with Crippen molar-refractivity contribution in [2.45, 2.75) is 0 Å². The van der Waals surface area contributed by atoms with E-state index in [2.05, 4.69) is 10.3 Å². The van der Waals surface area contributed by atoms with Gasteiger partial charge in [0.2, 0.25) is 0 Å². The van der Waals surface area contributed by atoms with Crippen molar-refractivity contribution in [2.24, 2.45) is 0 Å². The van der Waals surface area contributed by atoms with E-state index in [4.69, 9.17) is 34.8 Å². The number of halogens is 4. The highest BCUT2D eigenvalue weighted by molar-refractivity contribution is 6.40. The second kappa shape index (κ2) is 5.74. The number of hydrogen-bond donors (Lipinski definition) is 1. The monoisotopic (exact) mass is 318 g/mol. The van der Waals surface area contributed by atoms with Gasteiger partial charge in [-0.1, -0.05) is 34.8 Å². The van der Waals surface area contributed by atoms with Crippen LogP contribution < -0.4 is 5.32 Å². The van der Waals surface area contributed by atoms with Gasteiger partial charge < -0.3 is 5.32 Å². The molecule has 98 valence electrons. The first-order valence-electron chi connectivity index (χ1n) is 5.05. The summed E-state index contributed by atoms with van der Waals surface area (Å²) in [7, 11) is 0. The summed E-state index contributed by atoms with van der Waals surface area (Å²) in [4.78, 5) is 15.7. The molecule has 1 heterocycles. The highest BCUT2D eigenvalue weighted by Gasteiger charge is 2.13. The van der Waals surface area contributed by atoms with Crippen LogP contribution in [0.1, 0.15) is 10.4 Å². The van der Waals surface area contributed by atoms with E-state index >= 15 is 0 Å². The van der Waals surface area contributed by atoms with Crippen molar-refractivity contribution in [1.29, 1.82) is 0 Å². The number of pyridine rings is 1. The molecule has 0 spiro atoms. The van der Waals surface area contributed by atoms with Crippen LogP contribution in [0.5, 0.6) is 0 Å². The minimum absolute atomic E-state index is 0.0141. The summed E-state index contributed by atoms with van der Waals surface area (Å²) < 4.78 is 13.0. The number of nitrogens with one attached hydrogen (secondary N) is 1. The van der Waals surface area contributed by atoms with Crippen molar-refractivity contribution in [3.63, 3.8) is 0 Å². The van der Waals surface area contributed by atoms with Crippen molar-refractivity contribution >= 4 is 46.4 Å². The molecule has 0 fully saturated rings. The Kier molecular flexibility index (Phi) is 4.24. The van der Waals surface area contributed by atoms with Gasteiger partial charge in [0.25, 0.3) is 5.91 Å². The van der Waals surface area contributed by atoms with E-state index in [1.54, 1.807) is 0 Å². The van der Waals surface area contributed by atoms with Crippen LogP contribution in [0.2, 0.25) is 15.2 Å². The Morgan fingerprint density at radius 3 is 2.32 bits per heavy atom. The van der Waals surface area contributed by atoms with Crippen molar-refractivity contribution in [2.75, 3.05) is 5.32 Å². The van der Waals surface area contributed by atoms with Gasteiger partial charge in [-0.15, -0.1) is 0 Å². The van der Waals surface area contributed by atoms with E-state index in [-0.39, 0.29) is 26.4 Å². The summed E-state index contributed by atoms with van der Waals surface area (Å²) in [5.41, 5.74) is 0.422. The van der Waals surface area contributed by atoms with Crippen LogP contribution in [-0.4, -0.2) is 10.9 Å². The number of rotatable bonds is 2. The highest BCUT2D eigenvalue weighted by Crippen LogP contribution is 2.31. The van der Waals surface area contributed by atoms with Crippen molar-refractivity contribution < 1.29 is 9.18 Å². The molecule has 0 aliphatic carbocycles. The quantitative estimate of drug-likeness (QED) is 0.832. The molecule has 0 bridgehead atoms. The second-order valence-electron chi connectivity index (χ2n) is 3.57. The Bertz CT molecular complexity index is 608. The number of benzene rings is 1. The Balaban J connectivity index is 2.26. The lowest BCUT2D eigenvalue weighted by Gasteiger charge is -2.09. The average molecular weight is 320 g/mol. The maximum atomic E-state index is 13.0. The summed E-state index contributed by atoms with van der Waals surface area (Å²) in [5, 5.41) is 2.79. The largest absolute Gasteiger partial charge is 0.319 e. The summed E-state index contributed by atoms with van der Waals surface area (Å²) in [6, 6.07) is 5.09. The fourth-order valence-electron chi connectivity index (χ4n) is 1.36. The predicted molar refractivity (Wildman–Crippen MR) is 73.6 cm³/mol. The molecule has 2 rings (SSSR count). The molecular weight excluding hydrogens is 314 g/mol. The molecule has 1 N–H and O–H groups in total. The summed E-state index contributed by atoms with van der Waals surface area (Å²) in [6.07, 6.45) is 1.31. The first-order valence-corrected chi connectivity index (χ1v) is 6.18. The van der Waals surface area contributed by atoms with E-state index in [1.165, 1.54) is 18.3 Å². The van der Waals surface area contributed by atoms with Crippen LogP contribution in [0, 0.1) is 5.82 Å². The zero-order chi connectivity index (χ0) is 14.0. The van der Waals surface area contributed by atoms with Crippen LogP contribution in [0.3, 0.4) is 0 Å². The molecule has 1 amide bonds. The number of carbonyl (C=O) groups excluding carboxylic acids is 1. The van der Waals surface area contributed by atoms with Crippen molar-refractivity contribution in [3.8, 4) is 0 Å². The van der Waals surface area contributed by atoms with Crippen LogP contribution >= 0.6 is 34.8 Å². The second-order valence-corrected chi connectivity index (χ2v) is 4.77.